The molecular weight excluding hydrogens is 220 g/mol. The number of hydrogen-bond donors (Lipinski definition) is 1. The highest BCUT2D eigenvalue weighted by molar-refractivity contribution is 5.03. The zero-order valence-corrected chi connectivity index (χ0v) is 11.8. The summed E-state index contributed by atoms with van der Waals surface area (Å²) in [5, 5.41) is 3.63. The number of hydrogen-bond acceptors (Lipinski definition) is 2. The van der Waals surface area contributed by atoms with Crippen LogP contribution >= 0.6 is 0 Å². The second kappa shape index (κ2) is 8.87. The second-order valence-corrected chi connectivity index (χ2v) is 5.01. The summed E-state index contributed by atoms with van der Waals surface area (Å²) >= 11 is 0. The molecule has 0 radical (unpaired) electrons. The Morgan fingerprint density at radius 1 is 1.39 bits per heavy atom. The normalized spacial score (nSPS) is 12.3. The highest BCUT2D eigenvalue weighted by Gasteiger charge is 2.08. The molecule has 1 unspecified atom stereocenters. The summed E-state index contributed by atoms with van der Waals surface area (Å²) in [7, 11) is 0. The van der Waals surface area contributed by atoms with Crippen LogP contribution in [0, 0.1) is 0 Å². The molecule has 100 valence electrons. The van der Waals surface area contributed by atoms with Crippen molar-refractivity contribution in [2.75, 3.05) is 6.54 Å². The average Bonchev–Trinajstić information content (AvgIpc) is 2.39. The van der Waals surface area contributed by atoms with E-state index in [1.807, 2.05) is 12.3 Å². The Morgan fingerprint density at radius 2 is 2.22 bits per heavy atom. The lowest BCUT2D eigenvalue weighted by Gasteiger charge is -2.18. The van der Waals surface area contributed by atoms with Crippen molar-refractivity contribution in [1.82, 2.24) is 10.3 Å². The Bertz CT molecular complexity index is 332. The summed E-state index contributed by atoms with van der Waals surface area (Å²) in [6.45, 7) is 9.40. The molecule has 2 nitrogen and oxygen atoms in total. The fraction of sp³-hybridized carbons (Fsp3) is 0.562. The largest absolute Gasteiger partial charge is 0.314 e. The van der Waals surface area contributed by atoms with Gasteiger partial charge in [-0.25, -0.2) is 0 Å². The second-order valence-electron chi connectivity index (χ2n) is 5.01. The van der Waals surface area contributed by atoms with Gasteiger partial charge in [-0.05, 0) is 57.7 Å². The molecule has 2 heteroatoms. The van der Waals surface area contributed by atoms with Crippen molar-refractivity contribution in [1.29, 1.82) is 0 Å². The van der Waals surface area contributed by atoms with Crippen LogP contribution < -0.4 is 5.32 Å². The quantitative estimate of drug-likeness (QED) is 0.671. The van der Waals surface area contributed by atoms with Crippen molar-refractivity contribution >= 4 is 0 Å². The molecule has 0 aliphatic heterocycles. The minimum absolute atomic E-state index is 0.587. The fourth-order valence-electron chi connectivity index (χ4n) is 1.99. The van der Waals surface area contributed by atoms with Gasteiger partial charge in [0.05, 0.1) is 0 Å². The van der Waals surface area contributed by atoms with Gasteiger partial charge in [-0.3, -0.25) is 4.98 Å². The average molecular weight is 246 g/mol. The lowest BCUT2D eigenvalue weighted by Crippen LogP contribution is -2.30. The number of rotatable bonds is 9. The van der Waals surface area contributed by atoms with Crippen molar-refractivity contribution in [3.8, 4) is 0 Å². The summed E-state index contributed by atoms with van der Waals surface area (Å²) in [5.41, 5.74) is 2.47. The summed E-state index contributed by atoms with van der Waals surface area (Å²) in [6.07, 6.45) is 7.57. The van der Waals surface area contributed by atoms with E-state index in [1.165, 1.54) is 24.1 Å². The van der Waals surface area contributed by atoms with Crippen LogP contribution in [0.25, 0.3) is 0 Å². The molecule has 0 bridgehead atoms. The number of aryl methyl sites for hydroxylation is 1. The van der Waals surface area contributed by atoms with E-state index in [4.69, 9.17) is 0 Å². The van der Waals surface area contributed by atoms with Crippen LogP contribution in [-0.4, -0.2) is 17.6 Å². The Balaban J connectivity index is 2.37. The first-order valence-corrected chi connectivity index (χ1v) is 7.00. The number of aromatic nitrogens is 1. The molecule has 0 spiro atoms. The molecule has 1 N–H and O–H groups in total. The first-order valence-electron chi connectivity index (χ1n) is 7.00. The van der Waals surface area contributed by atoms with Gasteiger partial charge in [-0.2, -0.15) is 0 Å². The van der Waals surface area contributed by atoms with Gasteiger partial charge in [0.15, 0.2) is 0 Å². The van der Waals surface area contributed by atoms with E-state index in [9.17, 15) is 0 Å². The lowest BCUT2D eigenvalue weighted by molar-refractivity contribution is 0.451. The number of pyridine rings is 1. The molecule has 0 aliphatic carbocycles. The van der Waals surface area contributed by atoms with E-state index < -0.39 is 0 Å². The maximum absolute atomic E-state index is 4.38. The maximum atomic E-state index is 4.38. The van der Waals surface area contributed by atoms with Crippen molar-refractivity contribution in [3.63, 3.8) is 0 Å². The van der Waals surface area contributed by atoms with Gasteiger partial charge in [0.1, 0.15) is 0 Å². The van der Waals surface area contributed by atoms with Gasteiger partial charge >= 0.3 is 0 Å². The zero-order chi connectivity index (χ0) is 13.2. The van der Waals surface area contributed by atoms with Gasteiger partial charge in [0.25, 0.3) is 0 Å². The summed E-state index contributed by atoms with van der Waals surface area (Å²) in [6, 6.07) is 6.72. The van der Waals surface area contributed by atoms with Crippen LogP contribution in [0.15, 0.2) is 36.5 Å². The third-order valence-electron chi connectivity index (χ3n) is 3.08. The maximum Gasteiger partial charge on any atom is 0.0404 e. The van der Waals surface area contributed by atoms with E-state index in [2.05, 4.69) is 42.9 Å². The molecule has 1 aromatic heterocycles. The Kier molecular flexibility index (Phi) is 7.35. The summed E-state index contributed by atoms with van der Waals surface area (Å²) in [4.78, 5) is 4.38. The molecule has 1 heterocycles. The van der Waals surface area contributed by atoms with Gasteiger partial charge < -0.3 is 5.32 Å². The molecule has 1 atom stereocenters. The van der Waals surface area contributed by atoms with Crippen LogP contribution in [0.2, 0.25) is 0 Å². The van der Waals surface area contributed by atoms with Crippen LogP contribution in [-0.2, 0) is 6.42 Å². The van der Waals surface area contributed by atoms with Crippen molar-refractivity contribution in [3.05, 3.63) is 42.2 Å². The molecule has 0 amide bonds. The van der Waals surface area contributed by atoms with E-state index in [0.29, 0.717) is 6.04 Å². The smallest absolute Gasteiger partial charge is 0.0404 e. The van der Waals surface area contributed by atoms with Gasteiger partial charge in [-0.1, -0.05) is 18.6 Å². The predicted molar refractivity (Wildman–Crippen MR) is 78.7 cm³/mol. The molecule has 0 saturated heterocycles. The fourth-order valence-corrected chi connectivity index (χ4v) is 1.99. The van der Waals surface area contributed by atoms with Crippen LogP contribution in [0.5, 0.6) is 0 Å². The van der Waals surface area contributed by atoms with Crippen molar-refractivity contribution < 1.29 is 0 Å². The monoisotopic (exact) mass is 246 g/mol. The topological polar surface area (TPSA) is 24.9 Å². The molecule has 0 aliphatic rings. The van der Waals surface area contributed by atoms with Gasteiger partial charge in [0.2, 0.25) is 0 Å². The third kappa shape index (κ3) is 6.55. The van der Waals surface area contributed by atoms with Crippen LogP contribution in [0.1, 0.15) is 45.2 Å². The molecule has 0 saturated carbocycles. The zero-order valence-electron chi connectivity index (χ0n) is 11.8. The lowest BCUT2D eigenvalue weighted by atomic mass is 10.0. The van der Waals surface area contributed by atoms with E-state index in [-0.39, 0.29) is 0 Å². The number of nitrogens with one attached hydrogen (secondary N) is 1. The minimum atomic E-state index is 0.587. The Morgan fingerprint density at radius 3 is 2.83 bits per heavy atom. The first kappa shape index (κ1) is 14.9. The van der Waals surface area contributed by atoms with E-state index in [0.717, 1.165) is 25.8 Å². The molecule has 18 heavy (non-hydrogen) atoms. The number of allylic oxidation sites excluding steroid dienone is 1. The molecular formula is C16H26N2. The summed E-state index contributed by atoms with van der Waals surface area (Å²) in [5.74, 6) is 0. The molecule has 1 aromatic rings. The van der Waals surface area contributed by atoms with Crippen LogP contribution in [0.3, 0.4) is 0 Å². The third-order valence-corrected chi connectivity index (χ3v) is 3.08. The van der Waals surface area contributed by atoms with E-state index >= 15 is 0 Å². The summed E-state index contributed by atoms with van der Waals surface area (Å²) < 4.78 is 0. The highest BCUT2D eigenvalue weighted by atomic mass is 14.9. The predicted octanol–water partition coefficient (Wildman–Crippen LogP) is 3.74. The van der Waals surface area contributed by atoms with Gasteiger partial charge in [0, 0.05) is 17.9 Å². The highest BCUT2D eigenvalue weighted by Crippen LogP contribution is 2.10. The molecule has 0 fully saturated rings. The Labute approximate surface area is 112 Å². The molecule has 0 aromatic carbocycles. The SMILES string of the molecule is C=C(C)CCC(CCc1ccccn1)NCCC. The van der Waals surface area contributed by atoms with E-state index in [1.54, 1.807) is 0 Å². The van der Waals surface area contributed by atoms with Gasteiger partial charge in [-0.15, -0.1) is 6.58 Å². The minimum Gasteiger partial charge on any atom is -0.314 e. The molecule has 1 rings (SSSR count). The standard InChI is InChI=1S/C16H26N2/c1-4-12-17-16(9-8-14(2)3)11-10-15-7-5-6-13-18-15/h5-7,13,16-17H,2,4,8-12H2,1,3H3. The Hall–Kier alpha value is -1.15. The van der Waals surface area contributed by atoms with Crippen molar-refractivity contribution in [2.24, 2.45) is 0 Å². The number of nitrogens with zero attached hydrogens (tertiary/aromatic N) is 1. The van der Waals surface area contributed by atoms with Crippen molar-refractivity contribution in [2.45, 2.75) is 52.0 Å². The van der Waals surface area contributed by atoms with Crippen LogP contribution in [0.4, 0.5) is 0 Å². The first-order chi connectivity index (χ1) is 8.72.